The molecule has 0 atom stereocenters. The van der Waals surface area contributed by atoms with Crippen molar-refractivity contribution in [3.8, 4) is 0 Å². The van der Waals surface area contributed by atoms with Gasteiger partial charge in [-0.3, -0.25) is 4.79 Å². The van der Waals surface area contributed by atoms with Gasteiger partial charge in [0.2, 0.25) is 10.0 Å². The quantitative estimate of drug-likeness (QED) is 0.634. The average Bonchev–Trinajstić information content (AvgIpc) is 2.47. The number of hydrogen-bond acceptors (Lipinski definition) is 6. The van der Waals surface area contributed by atoms with Gasteiger partial charge < -0.3 is 14.6 Å². The van der Waals surface area contributed by atoms with E-state index in [1.807, 2.05) is 0 Å². The first kappa shape index (κ1) is 19.1. The number of rotatable bonds is 9. The number of esters is 1. The summed E-state index contributed by atoms with van der Waals surface area (Å²) in [5, 5.41) is 8.56. The fourth-order valence-electron chi connectivity index (χ4n) is 1.77. The zero-order chi connectivity index (χ0) is 17.5. The standard InChI is InChI=1S/C14H19NO7S/c1-3-22-14(18)11-6-10(9-21-2)7-12(8-11)23(19,20)15-5-4-13(16)17/h6-8,15H,3-5,9H2,1-2H3,(H,16,17). The Balaban J connectivity index is 3.12. The monoisotopic (exact) mass is 345 g/mol. The first-order valence-electron chi connectivity index (χ1n) is 6.81. The van der Waals surface area contributed by atoms with E-state index < -0.39 is 22.0 Å². The second kappa shape index (κ2) is 8.61. The molecular formula is C14H19NO7S. The Labute approximate surface area is 134 Å². The predicted molar refractivity (Wildman–Crippen MR) is 80.6 cm³/mol. The van der Waals surface area contributed by atoms with Crippen molar-refractivity contribution in [2.24, 2.45) is 0 Å². The van der Waals surface area contributed by atoms with Gasteiger partial charge in [0, 0.05) is 13.7 Å². The predicted octanol–water partition coefficient (Wildman–Crippen LogP) is 0.763. The molecule has 0 aromatic heterocycles. The van der Waals surface area contributed by atoms with Crippen molar-refractivity contribution in [1.82, 2.24) is 4.72 Å². The number of carbonyl (C=O) groups excluding carboxylic acids is 1. The van der Waals surface area contributed by atoms with Crippen LogP contribution in [-0.4, -0.2) is 45.7 Å². The van der Waals surface area contributed by atoms with Gasteiger partial charge in [0.15, 0.2) is 0 Å². The lowest BCUT2D eigenvalue weighted by Gasteiger charge is -2.10. The minimum absolute atomic E-state index is 0.0833. The minimum atomic E-state index is -3.94. The number of carbonyl (C=O) groups is 2. The molecule has 0 aliphatic carbocycles. The van der Waals surface area contributed by atoms with E-state index in [0.717, 1.165) is 0 Å². The van der Waals surface area contributed by atoms with Crippen LogP contribution < -0.4 is 4.72 Å². The van der Waals surface area contributed by atoms with Crippen LogP contribution in [-0.2, 0) is 30.9 Å². The first-order chi connectivity index (χ1) is 10.8. The number of sulfonamides is 1. The van der Waals surface area contributed by atoms with Gasteiger partial charge in [-0.2, -0.15) is 0 Å². The van der Waals surface area contributed by atoms with Crippen LogP contribution in [0, 0.1) is 0 Å². The first-order valence-corrected chi connectivity index (χ1v) is 8.30. The third kappa shape index (κ3) is 5.97. The van der Waals surface area contributed by atoms with Crippen LogP contribution in [0.1, 0.15) is 29.3 Å². The number of carboxylic acid groups (broad SMARTS) is 1. The van der Waals surface area contributed by atoms with Crippen molar-refractivity contribution in [2.45, 2.75) is 24.8 Å². The van der Waals surface area contributed by atoms with Crippen LogP contribution in [0.2, 0.25) is 0 Å². The third-order valence-corrected chi connectivity index (χ3v) is 4.17. The van der Waals surface area contributed by atoms with E-state index in [9.17, 15) is 18.0 Å². The van der Waals surface area contributed by atoms with Crippen molar-refractivity contribution in [2.75, 3.05) is 20.3 Å². The number of benzene rings is 1. The van der Waals surface area contributed by atoms with Gasteiger partial charge in [0.1, 0.15) is 0 Å². The number of ether oxygens (including phenoxy) is 2. The summed E-state index contributed by atoms with van der Waals surface area (Å²) in [5.74, 6) is -1.76. The molecule has 8 nitrogen and oxygen atoms in total. The van der Waals surface area contributed by atoms with Crippen molar-refractivity contribution in [3.05, 3.63) is 29.3 Å². The van der Waals surface area contributed by atoms with Crippen LogP contribution >= 0.6 is 0 Å². The molecule has 128 valence electrons. The Hall–Kier alpha value is -1.97. The number of carboxylic acids is 1. The molecule has 0 heterocycles. The zero-order valence-corrected chi connectivity index (χ0v) is 13.7. The molecule has 0 aliphatic heterocycles. The summed E-state index contributed by atoms with van der Waals surface area (Å²) in [6.45, 7) is 1.67. The molecule has 0 amide bonds. The SMILES string of the molecule is CCOC(=O)c1cc(COC)cc(S(=O)(=O)NCCC(=O)O)c1. The number of aliphatic carboxylic acids is 1. The minimum Gasteiger partial charge on any atom is -0.481 e. The van der Waals surface area contributed by atoms with Gasteiger partial charge in [-0.25, -0.2) is 17.9 Å². The van der Waals surface area contributed by atoms with Gasteiger partial charge >= 0.3 is 11.9 Å². The van der Waals surface area contributed by atoms with Crippen molar-refractivity contribution in [1.29, 1.82) is 0 Å². The van der Waals surface area contributed by atoms with E-state index in [1.54, 1.807) is 6.92 Å². The second-order valence-corrected chi connectivity index (χ2v) is 6.33. The van der Waals surface area contributed by atoms with Crippen molar-refractivity contribution >= 4 is 22.0 Å². The summed E-state index contributed by atoms with van der Waals surface area (Å²) in [4.78, 5) is 22.1. The lowest BCUT2D eigenvalue weighted by molar-refractivity contribution is -0.136. The van der Waals surface area contributed by atoms with Crippen molar-refractivity contribution in [3.63, 3.8) is 0 Å². The van der Waals surface area contributed by atoms with Gasteiger partial charge in [-0.05, 0) is 30.7 Å². The van der Waals surface area contributed by atoms with Crippen LogP contribution in [0.5, 0.6) is 0 Å². The molecule has 0 unspecified atom stereocenters. The molecule has 0 bridgehead atoms. The van der Waals surface area contributed by atoms with Crippen molar-refractivity contribution < 1.29 is 32.6 Å². The topological polar surface area (TPSA) is 119 Å². The van der Waals surface area contributed by atoms with Crippen LogP contribution in [0.15, 0.2) is 23.1 Å². The van der Waals surface area contributed by atoms with E-state index in [2.05, 4.69) is 4.72 Å². The summed E-state index contributed by atoms with van der Waals surface area (Å²) in [6.07, 6.45) is -0.346. The fraction of sp³-hybridized carbons (Fsp3) is 0.429. The van der Waals surface area contributed by atoms with E-state index in [0.29, 0.717) is 5.56 Å². The molecular weight excluding hydrogens is 326 g/mol. The Morgan fingerprint density at radius 1 is 1.26 bits per heavy atom. The lowest BCUT2D eigenvalue weighted by atomic mass is 10.1. The van der Waals surface area contributed by atoms with Crippen LogP contribution in [0.3, 0.4) is 0 Å². The molecule has 1 aromatic rings. The molecule has 0 aliphatic rings. The van der Waals surface area contributed by atoms with E-state index in [4.69, 9.17) is 14.6 Å². The smallest absolute Gasteiger partial charge is 0.338 e. The highest BCUT2D eigenvalue weighted by atomic mass is 32.2. The van der Waals surface area contributed by atoms with E-state index >= 15 is 0 Å². The average molecular weight is 345 g/mol. The Kier molecular flexibility index (Phi) is 7.14. The molecule has 0 fully saturated rings. The highest BCUT2D eigenvalue weighted by molar-refractivity contribution is 7.89. The van der Waals surface area contributed by atoms with E-state index in [-0.39, 0.29) is 36.6 Å². The Bertz CT molecular complexity index is 670. The van der Waals surface area contributed by atoms with Crippen LogP contribution in [0.4, 0.5) is 0 Å². The second-order valence-electron chi connectivity index (χ2n) is 4.56. The molecule has 9 heteroatoms. The summed E-state index contributed by atoms with van der Waals surface area (Å²) in [5.41, 5.74) is 0.566. The highest BCUT2D eigenvalue weighted by Gasteiger charge is 2.19. The van der Waals surface area contributed by atoms with Gasteiger partial charge in [0.25, 0.3) is 0 Å². The molecule has 2 N–H and O–H groups in total. The summed E-state index contributed by atoms with van der Waals surface area (Å²) in [7, 11) is -2.50. The van der Waals surface area contributed by atoms with E-state index in [1.165, 1.54) is 25.3 Å². The highest BCUT2D eigenvalue weighted by Crippen LogP contribution is 2.17. The molecule has 0 spiro atoms. The summed E-state index contributed by atoms with van der Waals surface area (Å²) in [6, 6.07) is 4.02. The maximum Gasteiger partial charge on any atom is 0.338 e. The molecule has 0 saturated heterocycles. The number of nitrogens with one attached hydrogen (secondary N) is 1. The summed E-state index contributed by atoms with van der Waals surface area (Å²) < 4.78 is 36.4. The molecule has 0 saturated carbocycles. The molecule has 23 heavy (non-hydrogen) atoms. The van der Waals surface area contributed by atoms with Crippen LogP contribution in [0.25, 0.3) is 0 Å². The fourth-order valence-corrected chi connectivity index (χ4v) is 2.90. The Morgan fingerprint density at radius 3 is 2.52 bits per heavy atom. The maximum atomic E-state index is 12.2. The largest absolute Gasteiger partial charge is 0.481 e. The molecule has 0 radical (unpaired) electrons. The summed E-state index contributed by atoms with van der Waals surface area (Å²) >= 11 is 0. The third-order valence-electron chi connectivity index (χ3n) is 2.73. The zero-order valence-electron chi connectivity index (χ0n) is 12.9. The van der Waals surface area contributed by atoms with Gasteiger partial charge in [-0.1, -0.05) is 0 Å². The number of hydrogen-bond donors (Lipinski definition) is 2. The normalized spacial score (nSPS) is 11.2. The maximum absolute atomic E-state index is 12.2. The molecule has 1 aromatic carbocycles. The van der Waals surface area contributed by atoms with Gasteiger partial charge in [0.05, 0.1) is 30.1 Å². The lowest BCUT2D eigenvalue weighted by Crippen LogP contribution is -2.26. The number of methoxy groups -OCH3 is 1. The Morgan fingerprint density at radius 2 is 1.96 bits per heavy atom. The van der Waals surface area contributed by atoms with Gasteiger partial charge in [-0.15, -0.1) is 0 Å². The molecule has 1 rings (SSSR count).